The van der Waals surface area contributed by atoms with Crippen LogP contribution in [0.15, 0.2) is 53.5 Å². The van der Waals surface area contributed by atoms with Gasteiger partial charge >= 0.3 is 0 Å². The number of pyridine rings is 2. The standard InChI is InChI=1S/C23H25N3O4S/c1-23(2,3)19-14-16(21(27)20(25-19)18-6-5-13-24-22(18)28)10-7-15-8-11-17(12-9-15)26-31(4,29)30/h5-14,26-27H,1-4H3,(H,24,28). The van der Waals surface area contributed by atoms with Gasteiger partial charge in [0.15, 0.2) is 0 Å². The lowest BCUT2D eigenvalue weighted by atomic mass is 9.89. The van der Waals surface area contributed by atoms with Gasteiger partial charge in [-0.15, -0.1) is 0 Å². The molecule has 0 unspecified atom stereocenters. The molecule has 0 saturated carbocycles. The smallest absolute Gasteiger partial charge is 0.257 e. The molecule has 0 aliphatic carbocycles. The highest BCUT2D eigenvalue weighted by Gasteiger charge is 2.21. The molecule has 0 bridgehead atoms. The van der Waals surface area contributed by atoms with Crippen molar-refractivity contribution in [3.8, 4) is 17.0 Å². The minimum atomic E-state index is -3.34. The van der Waals surface area contributed by atoms with Crippen LogP contribution in [0.25, 0.3) is 23.4 Å². The van der Waals surface area contributed by atoms with E-state index in [-0.39, 0.29) is 28.0 Å². The van der Waals surface area contributed by atoms with Gasteiger partial charge in [-0.25, -0.2) is 13.4 Å². The van der Waals surface area contributed by atoms with E-state index in [1.807, 2.05) is 20.8 Å². The van der Waals surface area contributed by atoms with Crippen LogP contribution in [0, 0.1) is 0 Å². The van der Waals surface area contributed by atoms with Crippen molar-refractivity contribution < 1.29 is 13.5 Å². The summed E-state index contributed by atoms with van der Waals surface area (Å²) < 4.78 is 25.1. The molecule has 31 heavy (non-hydrogen) atoms. The third kappa shape index (κ3) is 5.61. The third-order valence-corrected chi connectivity index (χ3v) is 5.14. The van der Waals surface area contributed by atoms with Crippen LogP contribution in [0.5, 0.6) is 5.75 Å². The summed E-state index contributed by atoms with van der Waals surface area (Å²) in [4.78, 5) is 19.5. The van der Waals surface area contributed by atoms with E-state index in [2.05, 4.69) is 14.7 Å². The molecule has 2 aromatic heterocycles. The molecular formula is C23H25N3O4S. The number of hydrogen-bond acceptors (Lipinski definition) is 5. The van der Waals surface area contributed by atoms with Crippen LogP contribution in [0.3, 0.4) is 0 Å². The third-order valence-electron chi connectivity index (χ3n) is 4.53. The van der Waals surface area contributed by atoms with Crippen LogP contribution in [0.4, 0.5) is 5.69 Å². The van der Waals surface area contributed by atoms with E-state index in [0.717, 1.165) is 17.5 Å². The lowest BCUT2D eigenvalue weighted by Crippen LogP contribution is -2.16. The maximum atomic E-state index is 12.3. The molecule has 3 aromatic rings. The zero-order valence-corrected chi connectivity index (χ0v) is 18.6. The molecule has 162 valence electrons. The largest absolute Gasteiger partial charge is 0.505 e. The monoisotopic (exact) mass is 439 g/mol. The summed E-state index contributed by atoms with van der Waals surface area (Å²) in [5, 5.41) is 10.9. The van der Waals surface area contributed by atoms with Gasteiger partial charge in [0, 0.05) is 28.6 Å². The Morgan fingerprint density at radius 1 is 1.10 bits per heavy atom. The molecule has 0 aliphatic heterocycles. The number of benzene rings is 1. The summed E-state index contributed by atoms with van der Waals surface area (Å²) in [6.45, 7) is 6.02. The molecular weight excluding hydrogens is 414 g/mol. The molecule has 2 heterocycles. The topological polar surface area (TPSA) is 112 Å². The van der Waals surface area contributed by atoms with Crippen LogP contribution < -0.4 is 10.3 Å². The minimum absolute atomic E-state index is 0.0867. The van der Waals surface area contributed by atoms with Crippen LogP contribution in [-0.2, 0) is 15.4 Å². The second kappa shape index (κ2) is 8.39. The molecule has 8 heteroatoms. The van der Waals surface area contributed by atoms with Crippen molar-refractivity contribution in [3.05, 3.63) is 75.8 Å². The molecule has 0 saturated heterocycles. The summed E-state index contributed by atoms with van der Waals surface area (Å²) in [6.07, 6.45) is 6.16. The number of nitrogens with zero attached hydrogens (tertiary/aromatic N) is 1. The van der Waals surface area contributed by atoms with E-state index in [1.54, 1.807) is 54.6 Å². The van der Waals surface area contributed by atoms with Gasteiger partial charge < -0.3 is 10.1 Å². The number of anilines is 1. The molecule has 0 amide bonds. The van der Waals surface area contributed by atoms with E-state index in [9.17, 15) is 18.3 Å². The fourth-order valence-corrected chi connectivity index (χ4v) is 3.49. The normalized spacial score (nSPS) is 12.3. The predicted molar refractivity (Wildman–Crippen MR) is 124 cm³/mol. The lowest BCUT2D eigenvalue weighted by Gasteiger charge is -2.20. The highest BCUT2D eigenvalue weighted by Crippen LogP contribution is 2.34. The second-order valence-corrected chi connectivity index (χ2v) is 10.0. The molecule has 0 aliphatic rings. The van der Waals surface area contributed by atoms with Crippen LogP contribution in [-0.4, -0.2) is 29.7 Å². The minimum Gasteiger partial charge on any atom is -0.505 e. The first-order valence-electron chi connectivity index (χ1n) is 9.62. The second-order valence-electron chi connectivity index (χ2n) is 8.29. The highest BCUT2D eigenvalue weighted by atomic mass is 32.2. The van der Waals surface area contributed by atoms with Gasteiger partial charge in [-0.1, -0.05) is 45.1 Å². The van der Waals surface area contributed by atoms with Gasteiger partial charge in [-0.2, -0.15) is 0 Å². The number of H-pyrrole nitrogens is 1. The summed E-state index contributed by atoms with van der Waals surface area (Å²) in [7, 11) is -3.34. The Morgan fingerprint density at radius 2 is 1.77 bits per heavy atom. The summed E-state index contributed by atoms with van der Waals surface area (Å²) in [6, 6.07) is 11.9. The molecule has 0 fully saturated rings. The lowest BCUT2D eigenvalue weighted by molar-refractivity contribution is 0.470. The Morgan fingerprint density at radius 3 is 2.35 bits per heavy atom. The molecule has 0 radical (unpaired) electrons. The number of aromatic amines is 1. The first-order valence-corrected chi connectivity index (χ1v) is 11.5. The van der Waals surface area contributed by atoms with E-state index in [1.165, 1.54) is 6.20 Å². The van der Waals surface area contributed by atoms with Gasteiger partial charge in [-0.3, -0.25) is 9.52 Å². The van der Waals surface area contributed by atoms with Crippen molar-refractivity contribution >= 4 is 27.9 Å². The number of sulfonamides is 1. The molecule has 7 nitrogen and oxygen atoms in total. The first kappa shape index (κ1) is 22.3. The number of hydrogen-bond donors (Lipinski definition) is 3. The summed E-state index contributed by atoms with van der Waals surface area (Å²) in [5.74, 6) is -0.0867. The van der Waals surface area contributed by atoms with Crippen molar-refractivity contribution in [2.24, 2.45) is 0 Å². The Labute approximate surface area is 181 Å². The zero-order chi connectivity index (χ0) is 22.8. The quantitative estimate of drug-likeness (QED) is 0.557. The molecule has 0 atom stereocenters. The van der Waals surface area contributed by atoms with Crippen LogP contribution >= 0.6 is 0 Å². The van der Waals surface area contributed by atoms with E-state index in [4.69, 9.17) is 0 Å². The molecule has 3 N–H and O–H groups in total. The fraction of sp³-hybridized carbons (Fsp3) is 0.217. The first-order chi connectivity index (χ1) is 14.4. The Balaban J connectivity index is 2.03. The van der Waals surface area contributed by atoms with Crippen molar-refractivity contribution in [2.45, 2.75) is 26.2 Å². The Hall–Kier alpha value is -3.39. The van der Waals surface area contributed by atoms with Gasteiger partial charge in [0.2, 0.25) is 10.0 Å². The molecule has 0 spiro atoms. The maximum absolute atomic E-state index is 12.3. The summed E-state index contributed by atoms with van der Waals surface area (Å²) >= 11 is 0. The average Bonchev–Trinajstić information content (AvgIpc) is 2.67. The Kier molecular flexibility index (Phi) is 6.03. The van der Waals surface area contributed by atoms with Gasteiger partial charge in [0.1, 0.15) is 11.4 Å². The van der Waals surface area contributed by atoms with Crippen LogP contribution in [0.1, 0.15) is 37.6 Å². The summed E-state index contributed by atoms with van der Waals surface area (Å²) in [5.41, 5.74) is 2.41. The van der Waals surface area contributed by atoms with E-state index in [0.29, 0.717) is 11.3 Å². The average molecular weight is 440 g/mol. The number of nitrogens with one attached hydrogen (secondary N) is 2. The molecule has 1 aromatic carbocycles. The number of aromatic hydroxyl groups is 1. The Bertz CT molecular complexity index is 1290. The SMILES string of the molecule is CC(C)(C)c1cc(C=Cc2ccc(NS(C)(=O)=O)cc2)c(O)c(-c2ccc[nH]c2=O)n1. The van der Waals surface area contributed by atoms with E-state index >= 15 is 0 Å². The van der Waals surface area contributed by atoms with E-state index < -0.39 is 10.0 Å². The number of rotatable bonds is 5. The zero-order valence-electron chi connectivity index (χ0n) is 17.8. The van der Waals surface area contributed by atoms with Gasteiger partial charge in [0.25, 0.3) is 5.56 Å². The van der Waals surface area contributed by atoms with Gasteiger partial charge in [0.05, 0.1) is 11.8 Å². The fourth-order valence-electron chi connectivity index (χ4n) is 2.93. The van der Waals surface area contributed by atoms with Crippen molar-refractivity contribution in [2.75, 3.05) is 11.0 Å². The van der Waals surface area contributed by atoms with Crippen LogP contribution in [0.2, 0.25) is 0 Å². The van der Waals surface area contributed by atoms with Gasteiger partial charge in [-0.05, 0) is 35.9 Å². The predicted octanol–water partition coefficient (Wildman–Crippen LogP) is 3.98. The molecule has 3 rings (SSSR count). The van der Waals surface area contributed by atoms with Crippen molar-refractivity contribution in [1.29, 1.82) is 0 Å². The highest BCUT2D eigenvalue weighted by molar-refractivity contribution is 7.92. The maximum Gasteiger partial charge on any atom is 0.257 e. The van der Waals surface area contributed by atoms with Crippen molar-refractivity contribution in [1.82, 2.24) is 9.97 Å². The van der Waals surface area contributed by atoms with Crippen molar-refractivity contribution in [3.63, 3.8) is 0 Å². The number of aromatic nitrogens is 2.